The SMILES string of the molecule is Cc1ccnc(-n2c3ccccc3c3ccc(Sc4ccc5c(C(C)(C)C)ccc(O)c5n4)cc32)c1. The minimum Gasteiger partial charge on any atom is -0.506 e. The maximum absolute atomic E-state index is 10.6. The number of benzene rings is 3. The second-order valence-corrected chi connectivity index (χ2v) is 11.3. The van der Waals surface area contributed by atoms with Gasteiger partial charge in [-0.1, -0.05) is 62.9 Å². The van der Waals surface area contributed by atoms with E-state index in [4.69, 9.17) is 4.98 Å². The summed E-state index contributed by atoms with van der Waals surface area (Å²) in [7, 11) is 0. The molecule has 0 fully saturated rings. The molecule has 0 atom stereocenters. The van der Waals surface area contributed by atoms with Gasteiger partial charge in [-0.3, -0.25) is 4.57 Å². The van der Waals surface area contributed by atoms with Crippen LogP contribution in [-0.2, 0) is 5.41 Å². The normalized spacial score (nSPS) is 12.1. The highest BCUT2D eigenvalue weighted by molar-refractivity contribution is 7.99. The van der Waals surface area contributed by atoms with Crippen molar-refractivity contribution in [2.24, 2.45) is 0 Å². The Bertz CT molecular complexity index is 1780. The Morgan fingerprint density at radius 3 is 2.39 bits per heavy atom. The van der Waals surface area contributed by atoms with Gasteiger partial charge in [0.1, 0.15) is 22.1 Å². The molecule has 3 aromatic heterocycles. The van der Waals surface area contributed by atoms with Gasteiger partial charge in [-0.15, -0.1) is 0 Å². The Morgan fingerprint density at radius 1 is 0.806 bits per heavy atom. The van der Waals surface area contributed by atoms with E-state index in [0.717, 1.165) is 32.2 Å². The number of aromatic nitrogens is 3. The number of fused-ring (bicyclic) bond motifs is 4. The van der Waals surface area contributed by atoms with Crippen LogP contribution in [0.25, 0.3) is 38.5 Å². The van der Waals surface area contributed by atoms with Crippen molar-refractivity contribution in [1.82, 2.24) is 14.5 Å². The van der Waals surface area contributed by atoms with Crippen molar-refractivity contribution in [3.05, 3.63) is 96.2 Å². The molecule has 178 valence electrons. The Hall–Kier alpha value is -3.83. The van der Waals surface area contributed by atoms with Gasteiger partial charge < -0.3 is 5.11 Å². The number of rotatable bonds is 3. The number of aromatic hydroxyl groups is 1. The van der Waals surface area contributed by atoms with E-state index in [1.54, 1.807) is 17.8 Å². The number of hydrogen-bond donors (Lipinski definition) is 1. The molecule has 0 bridgehead atoms. The van der Waals surface area contributed by atoms with Crippen molar-refractivity contribution in [3.63, 3.8) is 0 Å². The van der Waals surface area contributed by atoms with E-state index in [2.05, 4.69) is 91.8 Å². The number of nitrogens with zero attached hydrogens (tertiary/aromatic N) is 3. The molecule has 0 radical (unpaired) electrons. The molecule has 0 saturated heterocycles. The third-order valence-corrected chi connectivity index (χ3v) is 7.54. The maximum atomic E-state index is 10.6. The summed E-state index contributed by atoms with van der Waals surface area (Å²) in [5.74, 6) is 1.12. The van der Waals surface area contributed by atoms with E-state index in [9.17, 15) is 5.11 Å². The summed E-state index contributed by atoms with van der Waals surface area (Å²) >= 11 is 1.60. The predicted octanol–water partition coefficient (Wildman–Crippen LogP) is 8.19. The lowest BCUT2D eigenvalue weighted by Crippen LogP contribution is -2.11. The van der Waals surface area contributed by atoms with Gasteiger partial charge in [0.15, 0.2) is 0 Å². The highest BCUT2D eigenvalue weighted by Gasteiger charge is 2.19. The molecule has 0 spiro atoms. The fourth-order valence-corrected chi connectivity index (χ4v) is 5.74. The molecule has 4 nitrogen and oxygen atoms in total. The molecule has 0 amide bonds. The molecule has 5 heteroatoms. The van der Waals surface area contributed by atoms with E-state index >= 15 is 0 Å². The molecule has 0 saturated carbocycles. The van der Waals surface area contributed by atoms with Crippen LogP contribution in [0.3, 0.4) is 0 Å². The summed E-state index contributed by atoms with van der Waals surface area (Å²) < 4.78 is 2.23. The Balaban J connectivity index is 1.48. The number of pyridine rings is 2. The topological polar surface area (TPSA) is 50.9 Å². The molecule has 36 heavy (non-hydrogen) atoms. The van der Waals surface area contributed by atoms with Crippen LogP contribution >= 0.6 is 11.8 Å². The smallest absolute Gasteiger partial charge is 0.141 e. The number of para-hydroxylation sites is 1. The summed E-state index contributed by atoms with van der Waals surface area (Å²) in [6.45, 7) is 8.63. The maximum Gasteiger partial charge on any atom is 0.141 e. The Labute approximate surface area is 214 Å². The van der Waals surface area contributed by atoms with E-state index in [1.807, 2.05) is 24.4 Å². The molecule has 0 aliphatic heterocycles. The van der Waals surface area contributed by atoms with Gasteiger partial charge in [-0.2, -0.15) is 0 Å². The average Bonchev–Trinajstić information content (AvgIpc) is 3.17. The minimum absolute atomic E-state index is 0.0371. The van der Waals surface area contributed by atoms with Crippen molar-refractivity contribution in [1.29, 1.82) is 0 Å². The summed E-state index contributed by atoms with van der Waals surface area (Å²) in [5, 5.41) is 14.8. The van der Waals surface area contributed by atoms with Crippen LogP contribution in [0.5, 0.6) is 5.75 Å². The zero-order chi connectivity index (χ0) is 25.0. The lowest BCUT2D eigenvalue weighted by Gasteiger charge is -2.21. The van der Waals surface area contributed by atoms with E-state index in [1.165, 1.54) is 21.9 Å². The fraction of sp³-hybridized carbons (Fsp3) is 0.161. The highest BCUT2D eigenvalue weighted by Crippen LogP contribution is 2.38. The van der Waals surface area contributed by atoms with Gasteiger partial charge in [0.05, 0.1) is 11.0 Å². The monoisotopic (exact) mass is 489 g/mol. The van der Waals surface area contributed by atoms with Crippen molar-refractivity contribution in [2.75, 3.05) is 0 Å². The summed E-state index contributed by atoms with van der Waals surface area (Å²) in [6.07, 6.45) is 1.86. The van der Waals surface area contributed by atoms with Crippen LogP contribution in [0.15, 0.2) is 95.0 Å². The first kappa shape index (κ1) is 22.6. The van der Waals surface area contributed by atoms with Crippen molar-refractivity contribution in [3.8, 4) is 11.6 Å². The summed E-state index contributed by atoms with van der Waals surface area (Å²) in [5.41, 5.74) is 5.20. The largest absolute Gasteiger partial charge is 0.506 e. The third-order valence-electron chi connectivity index (χ3n) is 6.62. The van der Waals surface area contributed by atoms with Crippen LogP contribution < -0.4 is 0 Å². The minimum atomic E-state index is -0.0371. The molecule has 6 aromatic rings. The molecule has 6 rings (SSSR count). The van der Waals surface area contributed by atoms with Crippen molar-refractivity contribution >= 4 is 44.5 Å². The van der Waals surface area contributed by atoms with E-state index in [-0.39, 0.29) is 11.2 Å². The van der Waals surface area contributed by atoms with E-state index < -0.39 is 0 Å². The van der Waals surface area contributed by atoms with Crippen LogP contribution in [-0.4, -0.2) is 19.6 Å². The molecular formula is C31H27N3OS. The van der Waals surface area contributed by atoms with Gasteiger partial charge in [-0.25, -0.2) is 9.97 Å². The third kappa shape index (κ3) is 3.80. The predicted molar refractivity (Wildman–Crippen MR) is 150 cm³/mol. The van der Waals surface area contributed by atoms with Gasteiger partial charge >= 0.3 is 0 Å². The van der Waals surface area contributed by atoms with Gasteiger partial charge in [0, 0.05) is 27.3 Å². The average molecular weight is 490 g/mol. The van der Waals surface area contributed by atoms with Gasteiger partial charge in [0.2, 0.25) is 0 Å². The molecule has 3 aromatic carbocycles. The number of hydrogen-bond acceptors (Lipinski definition) is 4. The Morgan fingerprint density at radius 2 is 1.58 bits per heavy atom. The van der Waals surface area contributed by atoms with Crippen LogP contribution in [0.4, 0.5) is 0 Å². The number of phenols is 1. The molecule has 0 unspecified atom stereocenters. The second-order valence-electron chi connectivity index (χ2n) is 10.3. The highest BCUT2D eigenvalue weighted by atomic mass is 32.2. The van der Waals surface area contributed by atoms with Gasteiger partial charge in [0.25, 0.3) is 0 Å². The quantitative estimate of drug-likeness (QED) is 0.272. The summed E-state index contributed by atoms with van der Waals surface area (Å²) in [6, 6.07) is 27.0. The zero-order valence-electron chi connectivity index (χ0n) is 20.8. The number of aryl methyl sites for hydroxylation is 1. The molecule has 0 aliphatic carbocycles. The first-order chi connectivity index (χ1) is 17.3. The number of phenolic OH excluding ortho intramolecular Hbond substituents is 1. The Kier molecular flexibility index (Phi) is 5.27. The summed E-state index contributed by atoms with van der Waals surface area (Å²) in [4.78, 5) is 10.6. The van der Waals surface area contributed by atoms with Crippen LogP contribution in [0.2, 0.25) is 0 Å². The van der Waals surface area contributed by atoms with Crippen LogP contribution in [0.1, 0.15) is 31.9 Å². The van der Waals surface area contributed by atoms with Crippen molar-refractivity contribution < 1.29 is 5.11 Å². The molecular weight excluding hydrogens is 462 g/mol. The van der Waals surface area contributed by atoms with Crippen molar-refractivity contribution in [2.45, 2.75) is 43.0 Å². The first-order valence-electron chi connectivity index (χ1n) is 12.1. The molecule has 1 N–H and O–H groups in total. The van der Waals surface area contributed by atoms with Gasteiger partial charge in [-0.05, 0) is 72.0 Å². The fourth-order valence-electron chi connectivity index (χ4n) is 4.92. The lowest BCUT2D eigenvalue weighted by atomic mass is 9.84. The second kappa shape index (κ2) is 8.38. The zero-order valence-corrected chi connectivity index (χ0v) is 21.6. The van der Waals surface area contributed by atoms with E-state index in [0.29, 0.717) is 5.52 Å². The molecule has 0 aliphatic rings. The lowest BCUT2D eigenvalue weighted by molar-refractivity contribution is 0.479. The first-order valence-corrected chi connectivity index (χ1v) is 12.9. The van der Waals surface area contributed by atoms with Crippen LogP contribution in [0, 0.1) is 6.92 Å². The standard InChI is InChI=1S/C31H27N3OS/c1-19-15-16-32-28(17-19)34-25-8-6-5-7-21(25)22-10-9-20(18-26(22)34)36-29-14-11-23-24(31(2,3)4)12-13-27(35)30(23)33-29/h5-18,35H,1-4H3. The molecule has 3 heterocycles.